The van der Waals surface area contributed by atoms with E-state index in [9.17, 15) is 4.79 Å². The van der Waals surface area contributed by atoms with Crippen molar-refractivity contribution in [3.05, 3.63) is 38.3 Å². The van der Waals surface area contributed by atoms with Gasteiger partial charge in [0.2, 0.25) is 5.56 Å². The molecule has 0 saturated heterocycles. The molecule has 0 aliphatic rings. The minimum absolute atomic E-state index is 0.115. The number of nitrogens with one attached hydrogen (secondary N) is 1. The number of aromatic nitrogens is 2. The Hall–Kier alpha value is -0.910. The molecule has 12 heavy (non-hydrogen) atoms. The highest BCUT2D eigenvalue weighted by Crippen LogP contribution is 2.10. The van der Waals surface area contributed by atoms with Gasteiger partial charge in [-0.25, -0.2) is 4.98 Å². The minimum Gasteiger partial charge on any atom is -0.307 e. The Labute approximate surface area is 82.0 Å². The zero-order valence-electron chi connectivity index (χ0n) is 6.04. The van der Waals surface area contributed by atoms with Gasteiger partial charge in [-0.05, 0) is 34.7 Å². The average Bonchev–Trinajstić information content (AvgIpc) is 2.05. The molecule has 0 spiro atoms. The molecule has 0 unspecified atom stereocenters. The smallest absolute Gasteiger partial charge is 0.249 e. The molecular weight excluding hydrogens is 267 g/mol. The molecular formula is C8H5IN2O. The number of hydrogen-bond donors (Lipinski definition) is 1. The minimum atomic E-state index is -0.115. The summed E-state index contributed by atoms with van der Waals surface area (Å²) >= 11 is 2.18. The zero-order chi connectivity index (χ0) is 8.55. The van der Waals surface area contributed by atoms with E-state index in [-0.39, 0.29) is 5.56 Å². The molecule has 0 aliphatic heterocycles. The first-order valence-electron chi connectivity index (χ1n) is 3.40. The van der Waals surface area contributed by atoms with Crippen molar-refractivity contribution in [2.45, 2.75) is 0 Å². The van der Waals surface area contributed by atoms with E-state index in [2.05, 4.69) is 32.6 Å². The second-order valence-electron chi connectivity index (χ2n) is 2.41. The lowest BCUT2D eigenvalue weighted by atomic mass is 10.3. The molecule has 2 rings (SSSR count). The molecule has 0 radical (unpaired) electrons. The lowest BCUT2D eigenvalue weighted by Crippen LogP contribution is -2.03. The van der Waals surface area contributed by atoms with Crippen LogP contribution in [0.1, 0.15) is 0 Å². The summed E-state index contributed by atoms with van der Waals surface area (Å²) in [6, 6.07) is 5.24. The first-order valence-corrected chi connectivity index (χ1v) is 4.48. The van der Waals surface area contributed by atoms with E-state index in [0.717, 1.165) is 8.96 Å². The lowest BCUT2D eigenvalue weighted by molar-refractivity contribution is 1.23. The topological polar surface area (TPSA) is 45.8 Å². The van der Waals surface area contributed by atoms with E-state index in [1.54, 1.807) is 12.3 Å². The zero-order valence-corrected chi connectivity index (χ0v) is 8.20. The predicted octanol–water partition coefficient (Wildman–Crippen LogP) is 1.53. The lowest BCUT2D eigenvalue weighted by Gasteiger charge is -1.95. The fraction of sp³-hybridized carbons (Fsp3) is 0. The normalized spacial score (nSPS) is 10.4. The molecule has 0 bridgehead atoms. The first kappa shape index (κ1) is 7.72. The van der Waals surface area contributed by atoms with Gasteiger partial charge in [-0.15, -0.1) is 0 Å². The summed E-state index contributed by atoms with van der Waals surface area (Å²) in [5.74, 6) is 0. The van der Waals surface area contributed by atoms with E-state index in [1.165, 1.54) is 6.07 Å². The number of rotatable bonds is 0. The quantitative estimate of drug-likeness (QED) is 0.739. The summed E-state index contributed by atoms with van der Waals surface area (Å²) in [4.78, 5) is 17.6. The third kappa shape index (κ3) is 1.34. The average molecular weight is 272 g/mol. The molecule has 0 aromatic carbocycles. The van der Waals surface area contributed by atoms with Gasteiger partial charge in [0.05, 0.1) is 0 Å². The molecule has 0 atom stereocenters. The van der Waals surface area contributed by atoms with Crippen LogP contribution >= 0.6 is 22.6 Å². The Balaban J connectivity index is 2.87. The second-order valence-corrected chi connectivity index (χ2v) is 3.66. The molecule has 0 aliphatic carbocycles. The van der Waals surface area contributed by atoms with E-state index in [4.69, 9.17) is 0 Å². The molecule has 2 aromatic rings. The largest absolute Gasteiger partial charge is 0.307 e. The standard InChI is InChI=1S/C8H5IN2O/c9-6-3-5-1-2-7(12)11-8(5)10-4-6/h1-4H,(H,10,11,12). The van der Waals surface area contributed by atoms with Gasteiger partial charge in [0.25, 0.3) is 0 Å². The Kier molecular flexibility index (Phi) is 1.84. The first-order chi connectivity index (χ1) is 5.75. The van der Waals surface area contributed by atoms with Gasteiger partial charge in [0.15, 0.2) is 0 Å². The summed E-state index contributed by atoms with van der Waals surface area (Å²) in [6.07, 6.45) is 1.72. The molecule has 3 nitrogen and oxygen atoms in total. The fourth-order valence-electron chi connectivity index (χ4n) is 1.01. The highest BCUT2D eigenvalue weighted by molar-refractivity contribution is 14.1. The Morgan fingerprint density at radius 3 is 3.08 bits per heavy atom. The Morgan fingerprint density at radius 1 is 1.42 bits per heavy atom. The number of aromatic amines is 1. The van der Waals surface area contributed by atoms with Crippen molar-refractivity contribution in [1.29, 1.82) is 0 Å². The van der Waals surface area contributed by atoms with E-state index < -0.39 is 0 Å². The fourth-order valence-corrected chi connectivity index (χ4v) is 1.49. The number of hydrogen-bond acceptors (Lipinski definition) is 2. The van der Waals surface area contributed by atoms with Crippen LogP contribution in [0.15, 0.2) is 29.2 Å². The van der Waals surface area contributed by atoms with Gasteiger partial charge in [-0.3, -0.25) is 4.79 Å². The molecule has 0 amide bonds. The number of fused-ring (bicyclic) bond motifs is 1. The van der Waals surface area contributed by atoms with Gasteiger partial charge in [-0.1, -0.05) is 0 Å². The van der Waals surface area contributed by atoms with Crippen molar-refractivity contribution in [3.8, 4) is 0 Å². The van der Waals surface area contributed by atoms with Crippen molar-refractivity contribution < 1.29 is 0 Å². The molecule has 0 fully saturated rings. The highest BCUT2D eigenvalue weighted by Gasteiger charge is 1.94. The summed E-state index contributed by atoms with van der Waals surface area (Å²) in [7, 11) is 0. The maximum absolute atomic E-state index is 10.9. The van der Waals surface area contributed by atoms with Crippen LogP contribution in [0, 0.1) is 3.57 Å². The third-order valence-electron chi connectivity index (χ3n) is 1.54. The van der Waals surface area contributed by atoms with Gasteiger partial charge in [0.1, 0.15) is 5.65 Å². The van der Waals surface area contributed by atoms with Crippen LogP contribution in [-0.4, -0.2) is 9.97 Å². The van der Waals surface area contributed by atoms with Crippen LogP contribution in [0.3, 0.4) is 0 Å². The van der Waals surface area contributed by atoms with Gasteiger partial charge >= 0.3 is 0 Å². The summed E-state index contributed by atoms with van der Waals surface area (Å²) < 4.78 is 1.06. The third-order valence-corrected chi connectivity index (χ3v) is 2.13. The van der Waals surface area contributed by atoms with Crippen molar-refractivity contribution in [1.82, 2.24) is 9.97 Å². The molecule has 60 valence electrons. The van der Waals surface area contributed by atoms with Gasteiger partial charge in [-0.2, -0.15) is 0 Å². The van der Waals surface area contributed by atoms with Crippen molar-refractivity contribution in [2.75, 3.05) is 0 Å². The number of H-pyrrole nitrogens is 1. The number of pyridine rings is 2. The van der Waals surface area contributed by atoms with Crippen LogP contribution in [0.2, 0.25) is 0 Å². The maximum atomic E-state index is 10.9. The van der Waals surface area contributed by atoms with Crippen LogP contribution in [0.25, 0.3) is 11.0 Å². The number of halogens is 1. The van der Waals surface area contributed by atoms with Crippen LogP contribution < -0.4 is 5.56 Å². The van der Waals surface area contributed by atoms with Crippen molar-refractivity contribution in [2.24, 2.45) is 0 Å². The van der Waals surface area contributed by atoms with Gasteiger partial charge < -0.3 is 4.98 Å². The monoisotopic (exact) mass is 272 g/mol. The number of nitrogens with zero attached hydrogens (tertiary/aromatic N) is 1. The molecule has 4 heteroatoms. The maximum Gasteiger partial charge on any atom is 0.249 e. The van der Waals surface area contributed by atoms with Crippen molar-refractivity contribution >= 4 is 33.6 Å². The summed E-state index contributed by atoms with van der Waals surface area (Å²) in [5.41, 5.74) is 0.527. The predicted molar refractivity (Wildman–Crippen MR) is 55.1 cm³/mol. The van der Waals surface area contributed by atoms with Crippen LogP contribution in [0.5, 0.6) is 0 Å². The Bertz CT molecular complexity index is 478. The van der Waals surface area contributed by atoms with E-state index in [1.807, 2.05) is 6.07 Å². The van der Waals surface area contributed by atoms with Gasteiger partial charge in [0, 0.05) is 21.2 Å². The van der Waals surface area contributed by atoms with Crippen LogP contribution in [0.4, 0.5) is 0 Å². The summed E-state index contributed by atoms with van der Waals surface area (Å²) in [5, 5.41) is 0.960. The van der Waals surface area contributed by atoms with E-state index >= 15 is 0 Å². The van der Waals surface area contributed by atoms with Crippen molar-refractivity contribution in [3.63, 3.8) is 0 Å². The molecule has 2 aromatic heterocycles. The molecule has 1 N–H and O–H groups in total. The summed E-state index contributed by atoms with van der Waals surface area (Å²) in [6.45, 7) is 0. The second kappa shape index (κ2) is 2.85. The highest BCUT2D eigenvalue weighted by atomic mass is 127. The molecule has 0 saturated carbocycles. The molecule has 2 heterocycles. The van der Waals surface area contributed by atoms with Crippen LogP contribution in [-0.2, 0) is 0 Å². The van der Waals surface area contributed by atoms with E-state index in [0.29, 0.717) is 5.65 Å². The Morgan fingerprint density at radius 2 is 2.25 bits per heavy atom. The SMILES string of the molecule is O=c1ccc2cc(I)cnc2[nH]1.